The number of nitrogens with zero attached hydrogens (tertiary/aromatic N) is 1. The van der Waals surface area contributed by atoms with Gasteiger partial charge in [-0.05, 0) is 24.5 Å². The molecule has 0 spiro atoms. The number of carbonyl (C=O) groups is 1. The van der Waals surface area contributed by atoms with Crippen molar-refractivity contribution in [1.82, 2.24) is 10.3 Å². The van der Waals surface area contributed by atoms with Gasteiger partial charge in [0.2, 0.25) is 5.91 Å². The highest BCUT2D eigenvalue weighted by Crippen LogP contribution is 2.28. The lowest BCUT2D eigenvalue weighted by atomic mass is 10.2. The van der Waals surface area contributed by atoms with Gasteiger partial charge in [0.05, 0.1) is 11.7 Å². The highest BCUT2D eigenvalue weighted by atomic mass is 16.3. The molecule has 1 aliphatic rings. The average Bonchev–Trinajstić information content (AvgIpc) is 2.69. The molecule has 4 N–H and O–H groups in total. The Balaban J connectivity index is 1.96. The van der Waals surface area contributed by atoms with Crippen molar-refractivity contribution in [2.45, 2.75) is 25.0 Å². The molecule has 86 valence electrons. The number of pyridine rings is 1. The number of amides is 1. The van der Waals surface area contributed by atoms with Crippen LogP contribution in [0.4, 0.5) is 0 Å². The summed E-state index contributed by atoms with van der Waals surface area (Å²) in [6, 6.07) is 4.08. The summed E-state index contributed by atoms with van der Waals surface area (Å²) >= 11 is 0. The van der Waals surface area contributed by atoms with Crippen LogP contribution in [-0.2, 0) is 11.2 Å². The Morgan fingerprint density at radius 1 is 1.75 bits per heavy atom. The minimum atomic E-state index is -1.13. The molecule has 1 heterocycles. The van der Waals surface area contributed by atoms with Crippen molar-refractivity contribution in [2.75, 3.05) is 6.54 Å². The Hall–Kier alpha value is -1.46. The van der Waals surface area contributed by atoms with Gasteiger partial charge in [-0.25, -0.2) is 0 Å². The predicted molar refractivity (Wildman–Crippen MR) is 58.5 cm³/mol. The van der Waals surface area contributed by atoms with Gasteiger partial charge in [0.1, 0.15) is 6.10 Å². The lowest BCUT2D eigenvalue weighted by molar-refractivity contribution is -0.125. The fourth-order valence-corrected chi connectivity index (χ4v) is 1.97. The van der Waals surface area contributed by atoms with Crippen molar-refractivity contribution in [3.63, 3.8) is 0 Å². The Morgan fingerprint density at radius 2 is 2.56 bits per heavy atom. The number of aliphatic hydroxyl groups is 1. The molecule has 1 aromatic heterocycles. The quantitative estimate of drug-likeness (QED) is 0.640. The Kier molecular flexibility index (Phi) is 3.17. The van der Waals surface area contributed by atoms with E-state index in [0.29, 0.717) is 0 Å². The summed E-state index contributed by atoms with van der Waals surface area (Å²) in [6.07, 6.45) is 2.54. The molecule has 2 unspecified atom stereocenters. The molecule has 1 aromatic rings. The van der Waals surface area contributed by atoms with Crippen molar-refractivity contribution >= 4 is 5.91 Å². The van der Waals surface area contributed by atoms with E-state index < -0.39 is 12.0 Å². The number of nitrogens with one attached hydrogen (secondary N) is 1. The number of aryl methyl sites for hydroxylation is 1. The summed E-state index contributed by atoms with van der Waals surface area (Å²) in [5.74, 6) is -0.702. The van der Waals surface area contributed by atoms with Crippen molar-refractivity contribution in [1.29, 1.82) is 0 Å². The van der Waals surface area contributed by atoms with Crippen LogP contribution in [0.2, 0.25) is 0 Å². The van der Waals surface area contributed by atoms with Crippen molar-refractivity contribution in [3.05, 3.63) is 29.6 Å². The molecule has 1 aliphatic carbocycles. The summed E-state index contributed by atoms with van der Waals surface area (Å²) in [7, 11) is 0. The summed E-state index contributed by atoms with van der Waals surface area (Å²) < 4.78 is 0. The third-order valence-electron chi connectivity index (χ3n) is 2.84. The lowest BCUT2D eigenvalue weighted by Crippen LogP contribution is -2.38. The van der Waals surface area contributed by atoms with E-state index in [2.05, 4.69) is 16.4 Å². The molecule has 16 heavy (non-hydrogen) atoms. The largest absolute Gasteiger partial charge is 0.382 e. The molecule has 0 bridgehead atoms. The average molecular weight is 221 g/mol. The summed E-state index contributed by atoms with van der Waals surface area (Å²) in [5, 5.41) is 12.4. The summed E-state index contributed by atoms with van der Waals surface area (Å²) in [6.45, 7) is 0.177. The molecule has 1 amide bonds. The fourth-order valence-electron chi connectivity index (χ4n) is 1.97. The highest BCUT2D eigenvalue weighted by Gasteiger charge is 2.24. The minimum absolute atomic E-state index is 0.116. The van der Waals surface area contributed by atoms with Gasteiger partial charge in [0.25, 0.3) is 0 Å². The van der Waals surface area contributed by atoms with E-state index in [1.807, 2.05) is 6.07 Å². The first kappa shape index (κ1) is 11.0. The number of aromatic nitrogens is 1. The van der Waals surface area contributed by atoms with Gasteiger partial charge in [-0.15, -0.1) is 0 Å². The Morgan fingerprint density at radius 3 is 3.31 bits per heavy atom. The second-order valence-corrected chi connectivity index (χ2v) is 3.97. The van der Waals surface area contributed by atoms with Gasteiger partial charge >= 0.3 is 0 Å². The van der Waals surface area contributed by atoms with Gasteiger partial charge in [-0.2, -0.15) is 0 Å². The van der Waals surface area contributed by atoms with E-state index in [9.17, 15) is 9.90 Å². The van der Waals surface area contributed by atoms with Crippen LogP contribution in [0.3, 0.4) is 0 Å². The van der Waals surface area contributed by atoms with E-state index in [1.54, 1.807) is 6.20 Å². The molecule has 0 aliphatic heterocycles. The maximum absolute atomic E-state index is 10.7. The molecule has 2 rings (SSSR count). The zero-order valence-corrected chi connectivity index (χ0v) is 8.89. The normalized spacial score (nSPS) is 20.4. The molecule has 5 nitrogen and oxygen atoms in total. The van der Waals surface area contributed by atoms with E-state index in [-0.39, 0.29) is 12.6 Å². The number of nitrogens with two attached hydrogens (primary N) is 1. The van der Waals surface area contributed by atoms with Crippen LogP contribution in [0.5, 0.6) is 0 Å². The van der Waals surface area contributed by atoms with Gasteiger partial charge in [0.15, 0.2) is 0 Å². The van der Waals surface area contributed by atoms with Crippen LogP contribution < -0.4 is 11.1 Å². The van der Waals surface area contributed by atoms with Crippen LogP contribution in [-0.4, -0.2) is 28.6 Å². The minimum Gasteiger partial charge on any atom is -0.382 e. The molecule has 0 radical (unpaired) electrons. The topological polar surface area (TPSA) is 88.2 Å². The van der Waals surface area contributed by atoms with Gasteiger partial charge in [-0.1, -0.05) is 6.07 Å². The standard InChI is InChI=1S/C11H15N3O2/c12-11(16)9(15)6-14-8-4-3-7-2-1-5-13-10(7)8/h1-2,5,8-9,14-15H,3-4,6H2,(H2,12,16). The highest BCUT2D eigenvalue weighted by molar-refractivity contribution is 5.78. The number of fused-ring (bicyclic) bond motifs is 1. The zero-order chi connectivity index (χ0) is 11.5. The van der Waals surface area contributed by atoms with Gasteiger partial charge in [-0.3, -0.25) is 9.78 Å². The fraction of sp³-hybridized carbons (Fsp3) is 0.455. The van der Waals surface area contributed by atoms with Crippen molar-refractivity contribution in [2.24, 2.45) is 5.73 Å². The van der Waals surface area contributed by atoms with Crippen LogP contribution in [0.15, 0.2) is 18.3 Å². The number of rotatable bonds is 4. The first-order chi connectivity index (χ1) is 7.68. The third-order valence-corrected chi connectivity index (χ3v) is 2.84. The maximum atomic E-state index is 10.7. The smallest absolute Gasteiger partial charge is 0.247 e. The van der Waals surface area contributed by atoms with Crippen LogP contribution in [0.1, 0.15) is 23.7 Å². The molecule has 2 atom stereocenters. The molecule has 5 heteroatoms. The maximum Gasteiger partial charge on any atom is 0.247 e. The first-order valence-corrected chi connectivity index (χ1v) is 5.33. The molecule has 0 fully saturated rings. The van der Waals surface area contributed by atoms with Crippen molar-refractivity contribution < 1.29 is 9.90 Å². The molecule has 0 saturated carbocycles. The Bertz CT molecular complexity index is 395. The number of hydrogen-bond acceptors (Lipinski definition) is 4. The number of hydrogen-bond donors (Lipinski definition) is 3. The van der Waals surface area contributed by atoms with E-state index in [0.717, 1.165) is 18.5 Å². The molecule has 0 saturated heterocycles. The van der Waals surface area contributed by atoms with Gasteiger partial charge in [0, 0.05) is 12.7 Å². The van der Waals surface area contributed by atoms with E-state index in [1.165, 1.54) is 5.56 Å². The number of aliphatic hydroxyl groups excluding tert-OH is 1. The predicted octanol–water partition coefficient (Wildman–Crippen LogP) is -0.495. The monoisotopic (exact) mass is 221 g/mol. The Labute approximate surface area is 93.7 Å². The SMILES string of the molecule is NC(=O)C(O)CNC1CCc2cccnc21. The second-order valence-electron chi connectivity index (χ2n) is 3.97. The lowest BCUT2D eigenvalue weighted by Gasteiger charge is -2.14. The summed E-state index contributed by atoms with van der Waals surface area (Å²) in [5.41, 5.74) is 7.21. The first-order valence-electron chi connectivity index (χ1n) is 5.33. The van der Waals surface area contributed by atoms with Crippen LogP contribution in [0.25, 0.3) is 0 Å². The molecular weight excluding hydrogens is 206 g/mol. The van der Waals surface area contributed by atoms with E-state index >= 15 is 0 Å². The number of carbonyl (C=O) groups excluding carboxylic acids is 1. The van der Waals surface area contributed by atoms with E-state index in [4.69, 9.17) is 5.73 Å². The molecule has 0 aromatic carbocycles. The van der Waals surface area contributed by atoms with Crippen LogP contribution >= 0.6 is 0 Å². The van der Waals surface area contributed by atoms with Crippen molar-refractivity contribution in [3.8, 4) is 0 Å². The van der Waals surface area contributed by atoms with Crippen LogP contribution in [0, 0.1) is 0 Å². The number of primary amides is 1. The summed E-state index contributed by atoms with van der Waals surface area (Å²) in [4.78, 5) is 15.0. The third kappa shape index (κ3) is 2.20. The van der Waals surface area contributed by atoms with Gasteiger partial charge < -0.3 is 16.2 Å². The second kappa shape index (κ2) is 4.59. The molecular formula is C11H15N3O2. The zero-order valence-electron chi connectivity index (χ0n) is 8.89.